The SMILES string of the molecule is CCCCCCCCCS(=O)(=O)O.[CaH2]. The van der Waals surface area contributed by atoms with Crippen LogP contribution >= 0.6 is 0 Å². The molecule has 0 fully saturated rings. The first-order valence-electron chi connectivity index (χ1n) is 5.01. The molecule has 0 unspecified atom stereocenters. The minimum absolute atomic E-state index is 0. The third-order valence-electron chi connectivity index (χ3n) is 2.01. The fraction of sp³-hybridized carbons (Fsp3) is 1.00. The topological polar surface area (TPSA) is 54.4 Å². The van der Waals surface area contributed by atoms with Gasteiger partial charge in [0.05, 0.1) is 5.75 Å². The van der Waals surface area contributed by atoms with Crippen LogP contribution < -0.4 is 0 Å². The van der Waals surface area contributed by atoms with Crippen LogP contribution in [0.5, 0.6) is 0 Å². The summed E-state index contributed by atoms with van der Waals surface area (Å²) in [5, 5.41) is 0. The van der Waals surface area contributed by atoms with E-state index >= 15 is 0 Å². The maximum absolute atomic E-state index is 10.3. The Hall–Kier alpha value is 1.17. The van der Waals surface area contributed by atoms with E-state index in [9.17, 15) is 8.42 Å². The van der Waals surface area contributed by atoms with Gasteiger partial charge in [-0.05, 0) is 6.42 Å². The Balaban J connectivity index is 0. The summed E-state index contributed by atoms with van der Waals surface area (Å²) in [7, 11) is -3.72. The molecule has 1 N–H and O–H groups in total. The van der Waals surface area contributed by atoms with Crippen LogP contribution in [0.2, 0.25) is 0 Å². The molecule has 0 aromatic rings. The van der Waals surface area contributed by atoms with Crippen molar-refractivity contribution in [3.05, 3.63) is 0 Å². The van der Waals surface area contributed by atoms with Crippen molar-refractivity contribution in [1.29, 1.82) is 0 Å². The van der Waals surface area contributed by atoms with Gasteiger partial charge in [-0.15, -0.1) is 0 Å². The van der Waals surface area contributed by atoms with Crippen LogP contribution in [0, 0.1) is 0 Å². The van der Waals surface area contributed by atoms with Gasteiger partial charge in [0, 0.05) is 0 Å². The van der Waals surface area contributed by atoms with Crippen LogP contribution in [-0.2, 0) is 10.1 Å². The van der Waals surface area contributed by atoms with Gasteiger partial charge in [0.1, 0.15) is 0 Å². The molecule has 0 aliphatic rings. The molecule has 14 heavy (non-hydrogen) atoms. The van der Waals surface area contributed by atoms with Crippen LogP contribution in [0.15, 0.2) is 0 Å². The molecular weight excluding hydrogens is 228 g/mol. The maximum atomic E-state index is 10.3. The molecule has 0 heterocycles. The predicted octanol–water partition coefficient (Wildman–Crippen LogP) is 1.71. The summed E-state index contributed by atoms with van der Waals surface area (Å²) in [5.41, 5.74) is 0. The van der Waals surface area contributed by atoms with Gasteiger partial charge in [-0.25, -0.2) is 0 Å². The molecule has 0 saturated carbocycles. The van der Waals surface area contributed by atoms with Crippen LogP contribution in [-0.4, -0.2) is 56.5 Å². The fourth-order valence-corrected chi connectivity index (χ4v) is 1.81. The summed E-state index contributed by atoms with van der Waals surface area (Å²) >= 11 is 0. The molecule has 0 spiro atoms. The predicted molar refractivity (Wildman–Crippen MR) is 63.0 cm³/mol. The number of rotatable bonds is 8. The van der Waals surface area contributed by atoms with Crippen molar-refractivity contribution in [2.75, 3.05) is 5.75 Å². The van der Waals surface area contributed by atoms with E-state index in [1.807, 2.05) is 0 Å². The molecule has 0 rings (SSSR count). The second kappa shape index (κ2) is 10.7. The Morgan fingerprint density at radius 2 is 1.36 bits per heavy atom. The van der Waals surface area contributed by atoms with E-state index < -0.39 is 10.1 Å². The second-order valence-corrected chi connectivity index (χ2v) is 4.98. The third kappa shape index (κ3) is 15.6. The zero-order chi connectivity index (χ0) is 10.2. The van der Waals surface area contributed by atoms with Crippen LogP contribution in [0.4, 0.5) is 0 Å². The Bertz CT molecular complexity index is 202. The van der Waals surface area contributed by atoms with Gasteiger partial charge >= 0.3 is 37.7 Å². The molecule has 0 saturated heterocycles. The zero-order valence-corrected chi connectivity index (χ0v) is 9.15. The van der Waals surface area contributed by atoms with Gasteiger partial charge in [0.2, 0.25) is 0 Å². The van der Waals surface area contributed by atoms with Gasteiger partial charge in [0.25, 0.3) is 10.1 Å². The van der Waals surface area contributed by atoms with Crippen molar-refractivity contribution in [3.63, 3.8) is 0 Å². The monoisotopic (exact) mass is 250 g/mol. The summed E-state index contributed by atoms with van der Waals surface area (Å²) in [6.45, 7) is 2.17. The van der Waals surface area contributed by atoms with Gasteiger partial charge in [-0.3, -0.25) is 4.55 Å². The van der Waals surface area contributed by atoms with Crippen LogP contribution in [0.1, 0.15) is 51.9 Å². The Morgan fingerprint density at radius 3 is 1.79 bits per heavy atom. The average molecular weight is 250 g/mol. The normalized spacial score (nSPS) is 11.0. The molecule has 0 radical (unpaired) electrons. The molecule has 0 atom stereocenters. The number of hydrogen-bond acceptors (Lipinski definition) is 2. The Labute approximate surface area is 117 Å². The van der Waals surface area contributed by atoms with Crippen LogP contribution in [0.25, 0.3) is 0 Å². The zero-order valence-electron chi connectivity index (χ0n) is 8.33. The molecule has 84 valence electrons. The standard InChI is InChI=1S/C9H20O3S.Ca.2H/c1-2-3-4-5-6-7-8-9-13(10,11)12;;;/h2-9H2,1H3,(H,10,11,12);;;. The van der Waals surface area contributed by atoms with E-state index in [1.54, 1.807) is 0 Å². The fourth-order valence-electron chi connectivity index (χ4n) is 1.24. The summed E-state index contributed by atoms with van der Waals surface area (Å²) in [6.07, 6.45) is 7.48. The van der Waals surface area contributed by atoms with E-state index in [0.717, 1.165) is 12.8 Å². The van der Waals surface area contributed by atoms with E-state index in [1.165, 1.54) is 25.7 Å². The molecular formula is C9H22CaO3S. The summed E-state index contributed by atoms with van der Waals surface area (Å²) in [4.78, 5) is 0. The van der Waals surface area contributed by atoms with E-state index in [4.69, 9.17) is 4.55 Å². The second-order valence-electron chi connectivity index (χ2n) is 3.41. The average Bonchev–Trinajstić information content (AvgIpc) is 2.01. The first-order valence-corrected chi connectivity index (χ1v) is 6.62. The van der Waals surface area contributed by atoms with E-state index in [0.29, 0.717) is 6.42 Å². The molecule has 0 aliphatic carbocycles. The molecule has 0 aromatic heterocycles. The molecule has 0 aromatic carbocycles. The van der Waals surface area contributed by atoms with Crippen molar-refractivity contribution in [3.8, 4) is 0 Å². The summed E-state index contributed by atoms with van der Waals surface area (Å²) in [5.74, 6) is -0.0826. The molecule has 3 nitrogen and oxygen atoms in total. The van der Waals surface area contributed by atoms with Crippen LogP contribution in [0.3, 0.4) is 0 Å². The van der Waals surface area contributed by atoms with Gasteiger partial charge < -0.3 is 0 Å². The Morgan fingerprint density at radius 1 is 0.929 bits per heavy atom. The van der Waals surface area contributed by atoms with Crippen molar-refractivity contribution in [1.82, 2.24) is 0 Å². The molecule has 0 aliphatic heterocycles. The minimum atomic E-state index is -3.72. The number of hydrogen-bond donors (Lipinski definition) is 1. The third-order valence-corrected chi connectivity index (χ3v) is 2.81. The first-order chi connectivity index (χ1) is 6.06. The molecule has 0 bridgehead atoms. The first kappa shape index (κ1) is 17.6. The number of unbranched alkanes of at least 4 members (excludes halogenated alkanes) is 6. The van der Waals surface area contributed by atoms with E-state index in [2.05, 4.69) is 6.92 Å². The van der Waals surface area contributed by atoms with Gasteiger partial charge in [-0.2, -0.15) is 8.42 Å². The van der Waals surface area contributed by atoms with Crippen molar-refractivity contribution in [2.45, 2.75) is 51.9 Å². The molecule has 0 amide bonds. The van der Waals surface area contributed by atoms with Crippen molar-refractivity contribution in [2.24, 2.45) is 0 Å². The van der Waals surface area contributed by atoms with Gasteiger partial charge in [0.15, 0.2) is 0 Å². The quantitative estimate of drug-likeness (QED) is 0.405. The van der Waals surface area contributed by atoms with Crippen molar-refractivity contribution >= 4 is 47.9 Å². The van der Waals surface area contributed by atoms with Crippen molar-refractivity contribution < 1.29 is 13.0 Å². The Kier molecular flexibility index (Phi) is 13.4. The summed E-state index contributed by atoms with van der Waals surface area (Å²) < 4.78 is 29.1. The molecule has 5 heteroatoms. The van der Waals surface area contributed by atoms with Gasteiger partial charge in [-0.1, -0.05) is 45.4 Å². The summed E-state index contributed by atoms with van der Waals surface area (Å²) in [6, 6.07) is 0. The van der Waals surface area contributed by atoms with E-state index in [-0.39, 0.29) is 43.5 Å².